The number of hydrogen-bond acceptors (Lipinski definition) is 4. The van der Waals surface area contributed by atoms with Crippen molar-refractivity contribution in [1.29, 1.82) is 0 Å². The van der Waals surface area contributed by atoms with Crippen molar-refractivity contribution in [3.8, 4) is 0 Å². The third kappa shape index (κ3) is 4.68. The second-order valence-electron chi connectivity index (χ2n) is 5.44. The molecule has 23 heavy (non-hydrogen) atoms. The van der Waals surface area contributed by atoms with Crippen LogP contribution in [0.5, 0.6) is 0 Å². The molecule has 2 amide bonds. The number of para-hydroxylation sites is 1. The van der Waals surface area contributed by atoms with Crippen LogP contribution in [0.2, 0.25) is 5.02 Å². The number of sulfone groups is 1. The summed E-state index contributed by atoms with van der Waals surface area (Å²) in [5, 5.41) is 2.98. The average Bonchev–Trinajstić information content (AvgIpc) is 2.82. The van der Waals surface area contributed by atoms with Crippen LogP contribution in [0, 0.1) is 0 Å². The van der Waals surface area contributed by atoms with Crippen molar-refractivity contribution < 1.29 is 18.0 Å². The van der Waals surface area contributed by atoms with E-state index >= 15 is 0 Å². The summed E-state index contributed by atoms with van der Waals surface area (Å²) in [6, 6.07) is 6.41. The molecule has 0 aliphatic carbocycles. The zero-order valence-corrected chi connectivity index (χ0v) is 14.4. The van der Waals surface area contributed by atoms with Crippen molar-refractivity contribution in [2.45, 2.75) is 25.8 Å². The van der Waals surface area contributed by atoms with Crippen molar-refractivity contribution in [2.24, 2.45) is 0 Å². The molecule has 126 valence electrons. The van der Waals surface area contributed by atoms with Gasteiger partial charge in [-0.3, -0.25) is 9.59 Å². The number of amides is 2. The molecule has 8 heteroatoms. The van der Waals surface area contributed by atoms with E-state index in [1.165, 1.54) is 4.90 Å². The number of rotatable bonds is 5. The molecule has 1 heterocycles. The van der Waals surface area contributed by atoms with E-state index in [4.69, 9.17) is 11.6 Å². The fourth-order valence-corrected chi connectivity index (χ4v) is 4.57. The number of carbonyl (C=O) groups excluding carboxylic acids is 2. The minimum Gasteiger partial charge on any atom is -0.338 e. The third-order valence-corrected chi connectivity index (χ3v) is 5.85. The second kappa shape index (κ2) is 7.31. The van der Waals surface area contributed by atoms with E-state index in [-0.39, 0.29) is 29.9 Å². The molecule has 1 fully saturated rings. The van der Waals surface area contributed by atoms with Crippen molar-refractivity contribution in [1.82, 2.24) is 4.90 Å². The number of benzene rings is 1. The Morgan fingerprint density at radius 3 is 2.61 bits per heavy atom. The van der Waals surface area contributed by atoms with Gasteiger partial charge in [0.05, 0.1) is 22.2 Å². The predicted molar refractivity (Wildman–Crippen MR) is 89.1 cm³/mol. The number of nitrogens with one attached hydrogen (secondary N) is 1. The van der Waals surface area contributed by atoms with Gasteiger partial charge in [0.25, 0.3) is 0 Å². The summed E-state index contributed by atoms with van der Waals surface area (Å²) in [5.41, 5.74) is 0.443. The molecule has 1 aromatic carbocycles. The van der Waals surface area contributed by atoms with Crippen molar-refractivity contribution in [3.05, 3.63) is 29.3 Å². The van der Waals surface area contributed by atoms with Gasteiger partial charge in [0.2, 0.25) is 11.8 Å². The molecule has 1 aromatic rings. The highest BCUT2D eigenvalue weighted by molar-refractivity contribution is 7.91. The molecule has 1 N–H and O–H groups in total. The summed E-state index contributed by atoms with van der Waals surface area (Å²) in [6.45, 7) is 2.15. The van der Waals surface area contributed by atoms with Gasteiger partial charge in [-0.25, -0.2) is 8.42 Å². The van der Waals surface area contributed by atoms with Crippen LogP contribution < -0.4 is 5.32 Å². The van der Waals surface area contributed by atoms with Crippen LogP contribution in [-0.4, -0.2) is 49.2 Å². The van der Waals surface area contributed by atoms with Crippen LogP contribution in [0.25, 0.3) is 0 Å². The van der Waals surface area contributed by atoms with Crippen LogP contribution in [0.1, 0.15) is 19.8 Å². The Morgan fingerprint density at radius 2 is 2.04 bits per heavy atom. The topological polar surface area (TPSA) is 83.6 Å². The highest BCUT2D eigenvalue weighted by Crippen LogP contribution is 2.21. The zero-order valence-electron chi connectivity index (χ0n) is 12.8. The summed E-state index contributed by atoms with van der Waals surface area (Å²) in [7, 11) is -3.08. The summed E-state index contributed by atoms with van der Waals surface area (Å²) >= 11 is 5.95. The highest BCUT2D eigenvalue weighted by Gasteiger charge is 2.34. The molecule has 0 spiro atoms. The molecule has 1 atom stereocenters. The molecule has 0 bridgehead atoms. The molecule has 0 aromatic heterocycles. The zero-order chi connectivity index (χ0) is 17.0. The van der Waals surface area contributed by atoms with Gasteiger partial charge in [-0.15, -0.1) is 0 Å². The Labute approximate surface area is 140 Å². The second-order valence-corrected chi connectivity index (χ2v) is 8.08. The predicted octanol–water partition coefficient (Wildman–Crippen LogP) is 1.70. The van der Waals surface area contributed by atoms with E-state index in [1.54, 1.807) is 31.2 Å². The Balaban J connectivity index is 1.97. The molecule has 1 aliphatic rings. The summed E-state index contributed by atoms with van der Waals surface area (Å²) in [4.78, 5) is 25.8. The van der Waals surface area contributed by atoms with E-state index in [2.05, 4.69) is 5.32 Å². The quantitative estimate of drug-likeness (QED) is 0.812. The first-order chi connectivity index (χ1) is 10.8. The normalized spacial score (nSPS) is 19.3. The van der Waals surface area contributed by atoms with Crippen molar-refractivity contribution in [2.75, 3.05) is 23.4 Å². The van der Waals surface area contributed by atoms with Gasteiger partial charge in [-0.05, 0) is 25.5 Å². The molecule has 2 rings (SSSR count). The largest absolute Gasteiger partial charge is 0.338 e. The summed E-state index contributed by atoms with van der Waals surface area (Å²) in [6.07, 6.45) is 0.0870. The van der Waals surface area contributed by atoms with Gasteiger partial charge >= 0.3 is 0 Å². The Morgan fingerprint density at radius 1 is 1.35 bits per heavy atom. The molecular weight excluding hydrogens is 340 g/mol. The maximum Gasteiger partial charge on any atom is 0.233 e. The van der Waals surface area contributed by atoms with Gasteiger partial charge in [-0.1, -0.05) is 23.7 Å². The molecule has 0 radical (unpaired) electrons. The first-order valence-electron chi connectivity index (χ1n) is 7.36. The third-order valence-electron chi connectivity index (χ3n) is 3.77. The summed E-state index contributed by atoms with van der Waals surface area (Å²) in [5.74, 6) is -0.784. The minimum atomic E-state index is -3.08. The molecule has 1 saturated heterocycles. The van der Waals surface area contributed by atoms with Crippen LogP contribution in [-0.2, 0) is 19.4 Å². The molecule has 1 unspecified atom stereocenters. The Bertz CT molecular complexity index is 705. The fourth-order valence-electron chi connectivity index (χ4n) is 2.66. The number of halogens is 1. The molecule has 0 saturated carbocycles. The highest BCUT2D eigenvalue weighted by atomic mass is 35.5. The van der Waals surface area contributed by atoms with Gasteiger partial charge < -0.3 is 10.2 Å². The van der Waals surface area contributed by atoms with Crippen molar-refractivity contribution in [3.63, 3.8) is 0 Å². The lowest BCUT2D eigenvalue weighted by atomic mass is 10.2. The smallest absolute Gasteiger partial charge is 0.233 e. The monoisotopic (exact) mass is 358 g/mol. The van der Waals surface area contributed by atoms with Gasteiger partial charge in [0, 0.05) is 12.6 Å². The van der Waals surface area contributed by atoms with Gasteiger partial charge in [0.1, 0.15) is 6.42 Å². The Hall–Kier alpha value is -1.60. The molecule has 1 aliphatic heterocycles. The van der Waals surface area contributed by atoms with Crippen LogP contribution in [0.3, 0.4) is 0 Å². The Kier molecular flexibility index (Phi) is 5.64. The maximum atomic E-state index is 12.3. The molecule has 6 nitrogen and oxygen atoms in total. The first-order valence-corrected chi connectivity index (χ1v) is 9.56. The number of hydrogen-bond donors (Lipinski definition) is 1. The SMILES string of the molecule is CCN(C(=O)CC(=O)Nc1ccccc1Cl)C1CCS(=O)(=O)C1. The van der Waals surface area contributed by atoms with E-state index in [9.17, 15) is 18.0 Å². The van der Waals surface area contributed by atoms with E-state index < -0.39 is 15.7 Å². The van der Waals surface area contributed by atoms with Crippen LogP contribution in [0.4, 0.5) is 5.69 Å². The van der Waals surface area contributed by atoms with Gasteiger partial charge in [-0.2, -0.15) is 0 Å². The number of nitrogens with zero attached hydrogens (tertiary/aromatic N) is 1. The van der Waals surface area contributed by atoms with Crippen LogP contribution in [0.15, 0.2) is 24.3 Å². The van der Waals surface area contributed by atoms with Crippen LogP contribution >= 0.6 is 11.6 Å². The lowest BCUT2D eigenvalue weighted by molar-refractivity contribution is -0.135. The fraction of sp³-hybridized carbons (Fsp3) is 0.467. The number of anilines is 1. The standard InChI is InChI=1S/C15H19ClN2O4S/c1-2-18(11-7-8-23(21,22)10-11)15(20)9-14(19)17-13-6-4-3-5-12(13)16/h3-6,11H,2,7-10H2,1H3,(H,17,19). The minimum absolute atomic E-state index is 0.0291. The summed E-state index contributed by atoms with van der Waals surface area (Å²) < 4.78 is 23.1. The van der Waals surface area contributed by atoms with E-state index in [0.717, 1.165) is 0 Å². The average molecular weight is 359 g/mol. The number of carbonyl (C=O) groups is 2. The maximum absolute atomic E-state index is 12.3. The lowest BCUT2D eigenvalue weighted by Gasteiger charge is -2.26. The lowest BCUT2D eigenvalue weighted by Crippen LogP contribution is -2.42. The molecular formula is C15H19ClN2O4S. The van der Waals surface area contributed by atoms with Gasteiger partial charge in [0.15, 0.2) is 9.84 Å². The first kappa shape index (κ1) is 17.7. The van der Waals surface area contributed by atoms with E-state index in [0.29, 0.717) is 23.7 Å². The van der Waals surface area contributed by atoms with Crippen molar-refractivity contribution >= 4 is 38.9 Å². The van der Waals surface area contributed by atoms with E-state index in [1.807, 2.05) is 0 Å².